The van der Waals surface area contributed by atoms with Crippen LogP contribution in [0.25, 0.3) is 10.9 Å². The molecule has 1 aromatic carbocycles. The Morgan fingerprint density at radius 2 is 1.79 bits per heavy atom. The van der Waals surface area contributed by atoms with Gasteiger partial charge in [0.25, 0.3) is 0 Å². The molecule has 1 aliphatic heterocycles. The van der Waals surface area contributed by atoms with Gasteiger partial charge >= 0.3 is 0 Å². The van der Waals surface area contributed by atoms with Crippen LogP contribution >= 0.6 is 0 Å². The van der Waals surface area contributed by atoms with E-state index in [0.29, 0.717) is 30.0 Å². The molecule has 0 atom stereocenters. The first-order valence-electron chi connectivity index (χ1n) is 9.53. The van der Waals surface area contributed by atoms with Crippen molar-refractivity contribution in [2.24, 2.45) is 0 Å². The summed E-state index contributed by atoms with van der Waals surface area (Å²) in [5.74, 6) is 0. The van der Waals surface area contributed by atoms with Crippen molar-refractivity contribution in [3.8, 4) is 0 Å². The van der Waals surface area contributed by atoms with E-state index in [-0.39, 0.29) is 0 Å². The molecule has 0 radical (unpaired) electrons. The minimum absolute atomic E-state index is 0.291. The molecule has 7 heteroatoms. The van der Waals surface area contributed by atoms with Crippen LogP contribution in [0.15, 0.2) is 59.6 Å². The van der Waals surface area contributed by atoms with Crippen molar-refractivity contribution in [2.45, 2.75) is 24.8 Å². The van der Waals surface area contributed by atoms with Crippen molar-refractivity contribution in [1.82, 2.24) is 19.2 Å². The van der Waals surface area contributed by atoms with Crippen LogP contribution in [0.3, 0.4) is 0 Å². The minimum atomic E-state index is -3.59. The van der Waals surface area contributed by atoms with Gasteiger partial charge in [-0.05, 0) is 44.2 Å². The third kappa shape index (κ3) is 3.92. The van der Waals surface area contributed by atoms with E-state index < -0.39 is 10.0 Å². The molecule has 4 rings (SSSR count). The van der Waals surface area contributed by atoms with E-state index in [1.54, 1.807) is 22.6 Å². The Bertz CT molecular complexity index is 1080. The Morgan fingerprint density at radius 1 is 0.964 bits per heavy atom. The normalized spacial score (nSPS) is 16.9. The molecule has 0 bridgehead atoms. The summed E-state index contributed by atoms with van der Waals surface area (Å²) in [5.41, 5.74) is 2.56. The third-order valence-corrected chi connectivity index (χ3v) is 7.02. The molecule has 0 saturated carbocycles. The van der Waals surface area contributed by atoms with E-state index >= 15 is 0 Å². The minimum Gasteiger partial charge on any atom is -0.296 e. The van der Waals surface area contributed by atoms with Gasteiger partial charge in [0, 0.05) is 43.5 Å². The Morgan fingerprint density at radius 3 is 2.64 bits per heavy atom. The second kappa shape index (κ2) is 7.95. The number of aromatic nitrogens is 2. The predicted octanol–water partition coefficient (Wildman–Crippen LogP) is 2.83. The molecule has 28 heavy (non-hydrogen) atoms. The second-order valence-electron chi connectivity index (χ2n) is 7.14. The summed E-state index contributed by atoms with van der Waals surface area (Å²) in [6.07, 6.45) is 2.43. The molecule has 146 valence electrons. The predicted molar refractivity (Wildman–Crippen MR) is 109 cm³/mol. The maximum atomic E-state index is 13.3. The van der Waals surface area contributed by atoms with Crippen molar-refractivity contribution < 1.29 is 8.42 Å². The van der Waals surface area contributed by atoms with Gasteiger partial charge in [0.15, 0.2) is 0 Å². The van der Waals surface area contributed by atoms with E-state index in [0.717, 1.165) is 36.3 Å². The molecule has 0 amide bonds. The van der Waals surface area contributed by atoms with Crippen molar-refractivity contribution in [3.05, 3.63) is 66.1 Å². The topological polar surface area (TPSA) is 66.4 Å². The lowest BCUT2D eigenvalue weighted by Crippen LogP contribution is -2.35. The van der Waals surface area contributed by atoms with Gasteiger partial charge in [-0.15, -0.1) is 0 Å². The largest absolute Gasteiger partial charge is 0.296 e. The van der Waals surface area contributed by atoms with E-state index in [1.165, 1.54) is 0 Å². The summed E-state index contributed by atoms with van der Waals surface area (Å²) >= 11 is 0. The fourth-order valence-corrected chi connectivity index (χ4v) is 5.32. The Labute approximate surface area is 165 Å². The van der Waals surface area contributed by atoms with Crippen LogP contribution < -0.4 is 0 Å². The summed E-state index contributed by atoms with van der Waals surface area (Å²) in [7, 11) is -3.59. The number of nitrogens with zero attached hydrogens (tertiary/aromatic N) is 4. The molecular weight excluding hydrogens is 372 g/mol. The number of aryl methyl sites for hydroxylation is 1. The van der Waals surface area contributed by atoms with Crippen molar-refractivity contribution in [3.63, 3.8) is 0 Å². The van der Waals surface area contributed by atoms with Gasteiger partial charge in [0.05, 0.1) is 11.2 Å². The molecule has 2 aromatic heterocycles. The first-order valence-corrected chi connectivity index (χ1v) is 11.0. The van der Waals surface area contributed by atoms with Gasteiger partial charge in [-0.1, -0.05) is 24.3 Å². The highest BCUT2D eigenvalue weighted by molar-refractivity contribution is 7.89. The van der Waals surface area contributed by atoms with E-state index in [2.05, 4.69) is 14.9 Å². The first-order chi connectivity index (χ1) is 13.5. The number of para-hydroxylation sites is 1. The molecule has 0 unspecified atom stereocenters. The second-order valence-corrected chi connectivity index (χ2v) is 9.04. The summed E-state index contributed by atoms with van der Waals surface area (Å²) < 4.78 is 28.2. The Hall–Kier alpha value is -2.35. The zero-order chi connectivity index (χ0) is 19.6. The van der Waals surface area contributed by atoms with Crippen LogP contribution in [-0.4, -0.2) is 53.8 Å². The molecule has 3 heterocycles. The van der Waals surface area contributed by atoms with Gasteiger partial charge in [-0.3, -0.25) is 14.9 Å². The van der Waals surface area contributed by atoms with Gasteiger partial charge in [-0.2, -0.15) is 4.31 Å². The van der Waals surface area contributed by atoms with Crippen LogP contribution in [0.5, 0.6) is 0 Å². The van der Waals surface area contributed by atoms with E-state index in [4.69, 9.17) is 0 Å². The summed E-state index contributed by atoms with van der Waals surface area (Å²) in [5, 5.41) is 0.838. The number of benzene rings is 1. The maximum absolute atomic E-state index is 13.3. The van der Waals surface area contributed by atoms with Crippen LogP contribution in [-0.2, 0) is 16.6 Å². The average Bonchev–Trinajstić information content (AvgIpc) is 2.94. The van der Waals surface area contributed by atoms with Crippen molar-refractivity contribution in [2.75, 3.05) is 26.2 Å². The maximum Gasteiger partial charge on any atom is 0.245 e. The smallest absolute Gasteiger partial charge is 0.245 e. The highest BCUT2D eigenvalue weighted by atomic mass is 32.2. The number of hydrogen-bond acceptors (Lipinski definition) is 5. The number of pyridine rings is 2. The van der Waals surface area contributed by atoms with Gasteiger partial charge in [0.2, 0.25) is 10.0 Å². The first kappa shape index (κ1) is 19.0. The number of fused-ring (bicyclic) bond motifs is 1. The molecule has 0 N–H and O–H groups in total. The summed E-state index contributed by atoms with van der Waals surface area (Å²) in [6, 6.07) is 15.1. The zero-order valence-electron chi connectivity index (χ0n) is 16.0. The quantitative estimate of drug-likeness (QED) is 0.678. The van der Waals surface area contributed by atoms with Gasteiger partial charge in [-0.25, -0.2) is 8.42 Å². The van der Waals surface area contributed by atoms with Crippen LogP contribution in [0.1, 0.15) is 17.8 Å². The molecule has 0 aliphatic carbocycles. The van der Waals surface area contributed by atoms with Crippen molar-refractivity contribution >= 4 is 20.9 Å². The zero-order valence-corrected chi connectivity index (χ0v) is 16.8. The Balaban J connectivity index is 1.53. The molecule has 3 aromatic rings. The van der Waals surface area contributed by atoms with E-state index in [1.807, 2.05) is 43.3 Å². The molecule has 6 nitrogen and oxygen atoms in total. The molecule has 1 aliphatic rings. The number of hydrogen-bond donors (Lipinski definition) is 0. The van der Waals surface area contributed by atoms with Crippen LogP contribution in [0.4, 0.5) is 0 Å². The summed E-state index contributed by atoms with van der Waals surface area (Å²) in [6.45, 7) is 5.26. The Kier molecular flexibility index (Phi) is 5.39. The molecule has 1 fully saturated rings. The highest BCUT2D eigenvalue weighted by Crippen LogP contribution is 2.25. The van der Waals surface area contributed by atoms with Crippen LogP contribution in [0.2, 0.25) is 0 Å². The standard InChI is InChI=1S/C21H24N4O2S/c1-17-6-2-9-19(23-17)16-24-12-5-13-25(15-14-24)28(26,27)20-10-3-7-18-8-4-11-22-21(18)20/h2-4,6-11H,5,12-16H2,1H3. The summed E-state index contributed by atoms with van der Waals surface area (Å²) in [4.78, 5) is 11.5. The fourth-order valence-electron chi connectivity index (χ4n) is 3.69. The lowest BCUT2D eigenvalue weighted by Gasteiger charge is -2.22. The molecule has 1 saturated heterocycles. The lowest BCUT2D eigenvalue weighted by molar-refractivity contribution is 0.275. The number of rotatable bonds is 4. The van der Waals surface area contributed by atoms with Crippen molar-refractivity contribution in [1.29, 1.82) is 0 Å². The third-order valence-electron chi connectivity index (χ3n) is 5.09. The number of sulfonamides is 1. The lowest BCUT2D eigenvalue weighted by atomic mass is 10.2. The SMILES string of the molecule is Cc1cccc(CN2CCCN(S(=O)(=O)c3cccc4cccnc34)CC2)n1. The monoisotopic (exact) mass is 396 g/mol. The van der Waals surface area contributed by atoms with E-state index in [9.17, 15) is 8.42 Å². The highest BCUT2D eigenvalue weighted by Gasteiger charge is 2.28. The van der Waals surface area contributed by atoms with Gasteiger partial charge in [0.1, 0.15) is 4.90 Å². The fraction of sp³-hybridized carbons (Fsp3) is 0.333. The molecule has 0 spiro atoms. The average molecular weight is 397 g/mol. The van der Waals surface area contributed by atoms with Gasteiger partial charge < -0.3 is 0 Å². The van der Waals surface area contributed by atoms with Crippen LogP contribution in [0, 0.1) is 6.92 Å². The molecular formula is C21H24N4O2S.